The van der Waals surface area contributed by atoms with Gasteiger partial charge in [-0.15, -0.1) is 0 Å². The van der Waals surface area contributed by atoms with Crippen LogP contribution in [0.4, 0.5) is 5.69 Å². The monoisotopic (exact) mass is 631 g/mol. The summed E-state index contributed by atoms with van der Waals surface area (Å²) in [5.41, 5.74) is 1.06. The van der Waals surface area contributed by atoms with E-state index in [0.29, 0.717) is 5.02 Å². The van der Waals surface area contributed by atoms with Crippen molar-refractivity contribution in [2.24, 2.45) is 0 Å². The third-order valence-electron chi connectivity index (χ3n) is 6.82. The molecular weight excluding hydrogens is 602 g/mol. The topological polar surface area (TPSA) is 86.8 Å². The number of nitrogens with zero attached hydrogens (tertiary/aromatic N) is 2. The Morgan fingerprint density at radius 3 is 2.36 bits per heavy atom. The predicted molar refractivity (Wildman–Crippen MR) is 157 cm³/mol. The van der Waals surface area contributed by atoms with Gasteiger partial charge in [-0.3, -0.25) is 13.9 Å². The van der Waals surface area contributed by atoms with Crippen molar-refractivity contribution in [3.63, 3.8) is 0 Å². The Balaban J connectivity index is 1.68. The summed E-state index contributed by atoms with van der Waals surface area (Å²) in [6.07, 6.45) is 3.95. The van der Waals surface area contributed by atoms with Crippen LogP contribution in [0.15, 0.2) is 88.2 Å². The number of carbonyl (C=O) groups is 2. The van der Waals surface area contributed by atoms with Gasteiger partial charge >= 0.3 is 0 Å². The number of carbonyl (C=O) groups excluding carboxylic acids is 2. The van der Waals surface area contributed by atoms with E-state index in [1.807, 2.05) is 24.3 Å². The number of anilines is 1. The van der Waals surface area contributed by atoms with E-state index in [9.17, 15) is 18.0 Å². The molecule has 4 rings (SSSR count). The molecule has 1 N–H and O–H groups in total. The lowest BCUT2D eigenvalue weighted by Gasteiger charge is -2.32. The van der Waals surface area contributed by atoms with Crippen molar-refractivity contribution in [1.29, 1.82) is 0 Å². The summed E-state index contributed by atoms with van der Waals surface area (Å²) in [5, 5.41) is 3.40. The Morgan fingerprint density at radius 1 is 1.00 bits per heavy atom. The minimum atomic E-state index is -4.12. The third-order valence-corrected chi connectivity index (χ3v) is 9.33. The maximum atomic E-state index is 14.0. The van der Waals surface area contributed by atoms with Crippen LogP contribution in [-0.4, -0.2) is 43.8 Å². The standard InChI is InChI=1S/C29H31BrClN3O4S/c1-21(29(36)32-25-12-5-6-13-25)33(19-22-9-7-10-23(30)17-22)28(35)20-34(26-14-8-11-24(31)18-26)39(37,38)27-15-3-2-4-16-27/h2-4,7-11,14-18,21,25H,5-6,12-13,19-20H2,1H3,(H,32,36). The highest BCUT2D eigenvalue weighted by Gasteiger charge is 2.33. The van der Waals surface area contributed by atoms with Crippen LogP contribution >= 0.6 is 27.5 Å². The first-order chi connectivity index (χ1) is 18.6. The maximum absolute atomic E-state index is 14.0. The molecule has 0 spiro atoms. The maximum Gasteiger partial charge on any atom is 0.264 e. The third kappa shape index (κ3) is 7.41. The van der Waals surface area contributed by atoms with Gasteiger partial charge in [-0.2, -0.15) is 0 Å². The Hall–Kier alpha value is -2.88. The Kier molecular flexibility index (Phi) is 9.69. The van der Waals surface area contributed by atoms with Crippen LogP contribution in [0.25, 0.3) is 0 Å². The molecule has 206 valence electrons. The van der Waals surface area contributed by atoms with Crippen LogP contribution in [0, 0.1) is 0 Å². The summed E-state index contributed by atoms with van der Waals surface area (Å²) < 4.78 is 29.4. The molecular formula is C29H31BrClN3O4S. The summed E-state index contributed by atoms with van der Waals surface area (Å²) in [6.45, 7) is 1.30. The first-order valence-corrected chi connectivity index (χ1v) is 15.4. The average molecular weight is 633 g/mol. The van der Waals surface area contributed by atoms with E-state index in [4.69, 9.17) is 11.6 Å². The van der Waals surface area contributed by atoms with Gasteiger partial charge < -0.3 is 10.2 Å². The van der Waals surface area contributed by atoms with Crippen LogP contribution < -0.4 is 9.62 Å². The minimum absolute atomic E-state index is 0.0448. The molecule has 0 aromatic heterocycles. The van der Waals surface area contributed by atoms with Crippen molar-refractivity contribution < 1.29 is 18.0 Å². The van der Waals surface area contributed by atoms with Crippen molar-refractivity contribution in [2.45, 2.75) is 56.1 Å². The lowest BCUT2D eigenvalue weighted by Crippen LogP contribution is -2.52. The number of hydrogen-bond donors (Lipinski definition) is 1. The van der Waals surface area contributed by atoms with Gasteiger partial charge in [-0.05, 0) is 67.8 Å². The number of rotatable bonds is 10. The van der Waals surface area contributed by atoms with Crippen molar-refractivity contribution in [1.82, 2.24) is 10.2 Å². The molecule has 1 fully saturated rings. The molecule has 0 radical (unpaired) electrons. The first-order valence-electron chi connectivity index (χ1n) is 12.8. The van der Waals surface area contributed by atoms with Gasteiger partial charge in [-0.1, -0.05) is 76.8 Å². The molecule has 39 heavy (non-hydrogen) atoms. The molecule has 1 unspecified atom stereocenters. The highest BCUT2D eigenvalue weighted by Crippen LogP contribution is 2.27. The number of amides is 2. The van der Waals surface area contributed by atoms with E-state index >= 15 is 0 Å². The van der Waals surface area contributed by atoms with Gasteiger partial charge in [0, 0.05) is 22.1 Å². The molecule has 7 nitrogen and oxygen atoms in total. The Bertz CT molecular complexity index is 1410. The average Bonchev–Trinajstić information content (AvgIpc) is 3.43. The summed E-state index contributed by atoms with van der Waals surface area (Å²) in [6, 6.07) is 21.0. The quantitative estimate of drug-likeness (QED) is 0.307. The SMILES string of the molecule is CC(C(=O)NC1CCCC1)N(Cc1cccc(Br)c1)C(=O)CN(c1cccc(Cl)c1)S(=O)(=O)c1ccccc1. The van der Waals surface area contributed by atoms with E-state index in [0.717, 1.165) is 40.0 Å². The molecule has 1 atom stereocenters. The smallest absolute Gasteiger partial charge is 0.264 e. The molecule has 2 amide bonds. The highest BCUT2D eigenvalue weighted by atomic mass is 79.9. The zero-order valence-electron chi connectivity index (χ0n) is 21.6. The van der Waals surface area contributed by atoms with Gasteiger partial charge in [0.25, 0.3) is 10.0 Å². The number of halogens is 2. The lowest BCUT2D eigenvalue weighted by molar-refractivity contribution is -0.139. The van der Waals surface area contributed by atoms with Crippen molar-refractivity contribution in [2.75, 3.05) is 10.8 Å². The summed E-state index contributed by atoms with van der Waals surface area (Å²) >= 11 is 9.67. The molecule has 0 heterocycles. The van der Waals surface area contributed by atoms with Gasteiger partial charge in [0.15, 0.2) is 0 Å². The van der Waals surface area contributed by atoms with Gasteiger partial charge in [0.2, 0.25) is 11.8 Å². The number of hydrogen-bond acceptors (Lipinski definition) is 4. The number of benzene rings is 3. The fourth-order valence-electron chi connectivity index (χ4n) is 4.69. The molecule has 0 saturated heterocycles. The predicted octanol–water partition coefficient (Wildman–Crippen LogP) is 5.77. The van der Waals surface area contributed by atoms with Crippen LogP contribution in [0.2, 0.25) is 5.02 Å². The summed E-state index contributed by atoms with van der Waals surface area (Å²) in [5.74, 6) is -0.769. The largest absolute Gasteiger partial charge is 0.352 e. The van der Waals surface area contributed by atoms with Crippen molar-refractivity contribution in [3.8, 4) is 0 Å². The minimum Gasteiger partial charge on any atom is -0.352 e. The van der Waals surface area contributed by atoms with Crippen molar-refractivity contribution >= 4 is 55.1 Å². The highest BCUT2D eigenvalue weighted by molar-refractivity contribution is 9.10. The van der Waals surface area contributed by atoms with Crippen LogP contribution in [0.3, 0.4) is 0 Å². The molecule has 0 bridgehead atoms. The van der Waals surface area contributed by atoms with Crippen molar-refractivity contribution in [3.05, 3.63) is 93.9 Å². The molecule has 3 aromatic carbocycles. The van der Waals surface area contributed by atoms with Crippen LogP contribution in [0.5, 0.6) is 0 Å². The Morgan fingerprint density at radius 2 is 1.69 bits per heavy atom. The van der Waals surface area contributed by atoms with E-state index in [2.05, 4.69) is 21.2 Å². The van der Waals surface area contributed by atoms with Crippen LogP contribution in [0.1, 0.15) is 38.2 Å². The van der Waals surface area contributed by atoms with Gasteiger partial charge in [0.1, 0.15) is 12.6 Å². The molecule has 1 aliphatic rings. The van der Waals surface area contributed by atoms with Gasteiger partial charge in [0.05, 0.1) is 10.6 Å². The molecule has 3 aromatic rings. The number of sulfonamides is 1. The second-order valence-electron chi connectivity index (χ2n) is 9.62. The summed E-state index contributed by atoms with van der Waals surface area (Å²) in [4.78, 5) is 28.7. The fraction of sp³-hybridized carbons (Fsp3) is 0.310. The fourth-order valence-corrected chi connectivity index (χ4v) is 6.74. The lowest BCUT2D eigenvalue weighted by atomic mass is 10.1. The van der Waals surface area contributed by atoms with Crippen LogP contribution in [-0.2, 0) is 26.2 Å². The second-order valence-corrected chi connectivity index (χ2v) is 12.8. The van der Waals surface area contributed by atoms with E-state index in [1.165, 1.54) is 23.1 Å². The molecule has 1 saturated carbocycles. The molecule has 0 aliphatic heterocycles. The first kappa shape index (κ1) is 29.1. The number of nitrogens with one attached hydrogen (secondary N) is 1. The van der Waals surface area contributed by atoms with E-state index in [-0.39, 0.29) is 29.1 Å². The molecule has 10 heteroatoms. The zero-order valence-corrected chi connectivity index (χ0v) is 24.8. The normalized spacial score (nSPS) is 14.5. The van der Waals surface area contributed by atoms with Gasteiger partial charge in [-0.25, -0.2) is 8.42 Å². The molecule has 1 aliphatic carbocycles. The summed E-state index contributed by atoms with van der Waals surface area (Å²) in [7, 11) is -4.12. The Labute approximate surface area is 243 Å². The second kappa shape index (κ2) is 13.0. The van der Waals surface area contributed by atoms with E-state index < -0.39 is 28.5 Å². The van der Waals surface area contributed by atoms with E-state index in [1.54, 1.807) is 43.3 Å². The zero-order chi connectivity index (χ0) is 28.0.